The molecule has 2 aromatic heterocycles. The van der Waals surface area contributed by atoms with Crippen LogP contribution in [-0.4, -0.2) is 73.6 Å². The summed E-state index contributed by atoms with van der Waals surface area (Å²) < 4.78 is 33.9. The summed E-state index contributed by atoms with van der Waals surface area (Å²) in [6.07, 6.45) is 4.75. The first kappa shape index (κ1) is 23.7. The number of hydrogen-bond acceptors (Lipinski definition) is 7. The zero-order valence-corrected chi connectivity index (χ0v) is 20.8. The van der Waals surface area contributed by atoms with Crippen molar-refractivity contribution < 1.29 is 18.6 Å². The van der Waals surface area contributed by atoms with E-state index < -0.39 is 18.1 Å². The predicted molar refractivity (Wildman–Crippen MR) is 132 cm³/mol. The molecular formula is C26H32F2N6O2. The van der Waals surface area contributed by atoms with E-state index in [0.29, 0.717) is 36.5 Å². The molecule has 0 bridgehead atoms. The number of halogens is 2. The van der Waals surface area contributed by atoms with Gasteiger partial charge in [-0.2, -0.15) is 5.10 Å². The molecule has 36 heavy (non-hydrogen) atoms. The minimum atomic E-state index is -2.68. The van der Waals surface area contributed by atoms with Crippen LogP contribution >= 0.6 is 0 Å². The maximum absolute atomic E-state index is 13.5. The summed E-state index contributed by atoms with van der Waals surface area (Å²) in [4.78, 5) is 11.6. The largest absolute Gasteiger partial charge is 0.389 e. The number of aromatic nitrogens is 4. The Labute approximate surface area is 208 Å². The van der Waals surface area contributed by atoms with E-state index in [1.165, 1.54) is 15.8 Å². The van der Waals surface area contributed by atoms with E-state index >= 15 is 0 Å². The third kappa shape index (κ3) is 3.95. The van der Waals surface area contributed by atoms with E-state index in [0.717, 1.165) is 36.8 Å². The van der Waals surface area contributed by atoms with Gasteiger partial charge in [-0.05, 0) is 75.9 Å². The fourth-order valence-electron chi connectivity index (χ4n) is 5.81. The maximum atomic E-state index is 13.5. The Balaban J connectivity index is 1.20. The average Bonchev–Trinajstić information content (AvgIpc) is 3.13. The third-order valence-electron chi connectivity index (χ3n) is 8.39. The Kier molecular flexibility index (Phi) is 5.55. The number of nitrogens with zero attached hydrogens (tertiary/aromatic N) is 5. The van der Waals surface area contributed by atoms with Crippen LogP contribution in [0.1, 0.15) is 55.0 Å². The first-order chi connectivity index (χ1) is 17.2. The molecule has 3 atom stereocenters. The fraction of sp³-hybridized carbons (Fsp3) is 0.577. The Bertz CT molecular complexity index is 1310. The number of aliphatic hydroxyl groups is 1. The number of aryl methyl sites for hydroxylation is 1. The second kappa shape index (κ2) is 8.43. The second-order valence-corrected chi connectivity index (χ2v) is 10.8. The number of rotatable bonds is 5. The van der Waals surface area contributed by atoms with Crippen molar-refractivity contribution in [2.75, 3.05) is 31.6 Å². The van der Waals surface area contributed by atoms with E-state index in [1.54, 1.807) is 19.3 Å². The topological polar surface area (TPSA) is 88.3 Å². The molecule has 4 heterocycles. The van der Waals surface area contributed by atoms with Gasteiger partial charge in [-0.25, -0.2) is 18.7 Å². The van der Waals surface area contributed by atoms with Gasteiger partial charge in [0.05, 0.1) is 48.0 Å². The molecule has 6 rings (SSSR count). The standard InChI is InChI=1S/C26H32F2N6O2/c1-15-8-18-11-29-24(32-21-12-30-34(16(21)2)22-10-26(22,27)28)31-20(18)9-19(15)17-4-6-33(7-5-17)25(3)14-36-13-23(25)35/h8-9,11-12,17,22-23,35H,4-7,10,13-14H2,1-3H3,(H,29,31,32)/t22?,23-,25+/m1/s1. The second-order valence-electron chi connectivity index (χ2n) is 10.8. The van der Waals surface area contributed by atoms with Gasteiger partial charge in [0.1, 0.15) is 6.04 Å². The van der Waals surface area contributed by atoms with Crippen LogP contribution in [0.4, 0.5) is 20.4 Å². The number of alkyl halides is 2. The van der Waals surface area contributed by atoms with Crippen LogP contribution in [0.2, 0.25) is 0 Å². The van der Waals surface area contributed by atoms with Crippen LogP contribution in [0, 0.1) is 13.8 Å². The molecule has 3 fully saturated rings. The first-order valence-electron chi connectivity index (χ1n) is 12.6. The normalized spacial score (nSPS) is 28.6. The minimum Gasteiger partial charge on any atom is -0.389 e. The molecule has 10 heteroatoms. The lowest BCUT2D eigenvalue weighted by molar-refractivity contribution is -0.00214. The summed E-state index contributed by atoms with van der Waals surface area (Å²) in [6, 6.07) is 3.43. The highest BCUT2D eigenvalue weighted by atomic mass is 19.3. The molecule has 1 saturated carbocycles. The van der Waals surface area contributed by atoms with Crippen molar-refractivity contribution in [3.63, 3.8) is 0 Å². The molecule has 0 amide bonds. The lowest BCUT2D eigenvalue weighted by atomic mass is 9.84. The van der Waals surface area contributed by atoms with Crippen LogP contribution in [0.15, 0.2) is 24.5 Å². The van der Waals surface area contributed by atoms with Gasteiger partial charge in [0.2, 0.25) is 5.95 Å². The van der Waals surface area contributed by atoms with Crippen LogP contribution in [-0.2, 0) is 4.74 Å². The quantitative estimate of drug-likeness (QED) is 0.548. The summed E-state index contributed by atoms with van der Waals surface area (Å²) in [6.45, 7) is 8.81. The van der Waals surface area contributed by atoms with Crippen molar-refractivity contribution >= 4 is 22.5 Å². The van der Waals surface area contributed by atoms with Gasteiger partial charge in [-0.1, -0.05) is 0 Å². The molecule has 2 N–H and O–H groups in total. The van der Waals surface area contributed by atoms with Crippen molar-refractivity contribution in [3.8, 4) is 0 Å². The Morgan fingerprint density at radius 1 is 1.17 bits per heavy atom. The maximum Gasteiger partial charge on any atom is 0.272 e. The molecule has 2 aliphatic heterocycles. The van der Waals surface area contributed by atoms with Crippen LogP contribution in [0.5, 0.6) is 0 Å². The van der Waals surface area contributed by atoms with E-state index in [-0.39, 0.29) is 12.0 Å². The number of benzene rings is 1. The number of anilines is 2. The highest BCUT2D eigenvalue weighted by Gasteiger charge is 2.59. The van der Waals surface area contributed by atoms with Crippen molar-refractivity contribution in [1.82, 2.24) is 24.6 Å². The molecule has 1 aliphatic carbocycles. The summed E-state index contributed by atoms with van der Waals surface area (Å²) in [7, 11) is 0. The summed E-state index contributed by atoms with van der Waals surface area (Å²) in [5.41, 5.74) is 4.33. The van der Waals surface area contributed by atoms with Gasteiger partial charge < -0.3 is 15.2 Å². The van der Waals surface area contributed by atoms with E-state index in [1.807, 2.05) is 0 Å². The molecule has 3 aromatic rings. The average molecular weight is 499 g/mol. The Morgan fingerprint density at radius 3 is 2.58 bits per heavy atom. The third-order valence-corrected chi connectivity index (χ3v) is 8.39. The minimum absolute atomic E-state index is 0.171. The van der Waals surface area contributed by atoms with Gasteiger partial charge in [-0.3, -0.25) is 9.58 Å². The summed E-state index contributed by atoms with van der Waals surface area (Å²) in [5, 5.41) is 18.7. The molecule has 0 radical (unpaired) electrons. The predicted octanol–water partition coefficient (Wildman–Crippen LogP) is 4.10. The number of fused-ring (bicyclic) bond motifs is 1. The number of piperidine rings is 1. The van der Waals surface area contributed by atoms with Gasteiger partial charge in [0.15, 0.2) is 0 Å². The molecular weight excluding hydrogens is 466 g/mol. The zero-order chi connectivity index (χ0) is 25.2. The zero-order valence-electron chi connectivity index (χ0n) is 20.8. The highest BCUT2D eigenvalue weighted by Crippen LogP contribution is 2.53. The van der Waals surface area contributed by atoms with Gasteiger partial charge >= 0.3 is 0 Å². The highest BCUT2D eigenvalue weighted by molar-refractivity contribution is 5.81. The Morgan fingerprint density at radius 2 is 1.92 bits per heavy atom. The molecule has 192 valence electrons. The fourth-order valence-corrected chi connectivity index (χ4v) is 5.81. The van der Waals surface area contributed by atoms with Crippen LogP contribution in [0.25, 0.3) is 10.9 Å². The SMILES string of the molecule is Cc1cc2cnc(Nc3cnn(C4CC4(F)F)c3C)nc2cc1C1CCN([C@@]2(C)COC[C@H]2O)CC1. The lowest BCUT2D eigenvalue weighted by Crippen LogP contribution is -2.56. The smallest absolute Gasteiger partial charge is 0.272 e. The van der Waals surface area contributed by atoms with Crippen molar-refractivity contribution in [3.05, 3.63) is 41.3 Å². The molecule has 3 aliphatic rings. The van der Waals surface area contributed by atoms with Crippen LogP contribution < -0.4 is 5.32 Å². The van der Waals surface area contributed by atoms with Crippen molar-refractivity contribution in [2.24, 2.45) is 0 Å². The summed E-state index contributed by atoms with van der Waals surface area (Å²) >= 11 is 0. The van der Waals surface area contributed by atoms with E-state index in [2.05, 4.69) is 46.3 Å². The molecule has 8 nitrogen and oxygen atoms in total. The lowest BCUT2D eigenvalue weighted by Gasteiger charge is -2.43. The van der Waals surface area contributed by atoms with Gasteiger partial charge in [0.25, 0.3) is 5.92 Å². The number of hydrogen-bond donors (Lipinski definition) is 2. The molecule has 1 unspecified atom stereocenters. The number of nitrogens with one attached hydrogen (secondary N) is 1. The van der Waals surface area contributed by atoms with E-state index in [9.17, 15) is 13.9 Å². The van der Waals surface area contributed by atoms with Crippen LogP contribution in [0.3, 0.4) is 0 Å². The molecule has 1 aromatic carbocycles. The number of ether oxygens (including phenoxy) is 1. The summed E-state index contributed by atoms with van der Waals surface area (Å²) in [5.74, 6) is -1.85. The van der Waals surface area contributed by atoms with Gasteiger partial charge in [0, 0.05) is 18.0 Å². The molecule has 0 spiro atoms. The van der Waals surface area contributed by atoms with E-state index in [4.69, 9.17) is 9.72 Å². The Hall–Kier alpha value is -2.69. The van der Waals surface area contributed by atoms with Crippen molar-refractivity contribution in [2.45, 2.75) is 69.6 Å². The first-order valence-corrected chi connectivity index (χ1v) is 12.6. The number of likely N-dealkylation sites (tertiary alicyclic amines) is 1. The number of aliphatic hydroxyl groups excluding tert-OH is 1. The monoisotopic (exact) mass is 498 g/mol. The van der Waals surface area contributed by atoms with Crippen molar-refractivity contribution in [1.29, 1.82) is 0 Å². The molecule has 2 saturated heterocycles. The van der Waals surface area contributed by atoms with Gasteiger partial charge in [-0.15, -0.1) is 0 Å².